The maximum Gasteiger partial charge on any atom is 0.530 e. The summed E-state index contributed by atoms with van der Waals surface area (Å²) in [6, 6.07) is 31.8. The lowest BCUT2D eigenvalue weighted by atomic mass is 10.1. The summed E-state index contributed by atoms with van der Waals surface area (Å²) in [6.45, 7) is 0.190. The van der Waals surface area contributed by atoms with Crippen LogP contribution in [-0.2, 0) is 26.8 Å². The molecule has 7 heteroatoms. The lowest BCUT2D eigenvalue weighted by Gasteiger charge is -2.19. The number of methoxy groups -OCH3 is 2. The highest BCUT2D eigenvalue weighted by molar-refractivity contribution is 7.48. The molecule has 0 amide bonds. The molecule has 0 aromatic heterocycles. The highest BCUT2D eigenvalue weighted by Gasteiger charge is 2.29. The molecule has 4 rings (SSSR count). The number of benzene rings is 4. The number of hydrogen-bond donors (Lipinski definition) is 0. The maximum absolute atomic E-state index is 13.5. The summed E-state index contributed by atoms with van der Waals surface area (Å²) in [6.07, 6.45) is 3.91. The Morgan fingerprint density at radius 3 is 1.57 bits per heavy atom. The lowest BCUT2D eigenvalue weighted by Crippen LogP contribution is -2.03. The van der Waals surface area contributed by atoms with E-state index >= 15 is 0 Å². The molecule has 0 heterocycles. The van der Waals surface area contributed by atoms with Crippen LogP contribution in [0.5, 0.6) is 17.2 Å². The molecule has 190 valence electrons. The number of phosphoric acid groups is 1. The van der Waals surface area contributed by atoms with Gasteiger partial charge in [0.1, 0.15) is 17.2 Å². The molecule has 6 nitrogen and oxygen atoms in total. The first kappa shape index (κ1) is 26.2. The fourth-order valence-corrected chi connectivity index (χ4v) is 4.61. The van der Waals surface area contributed by atoms with Crippen LogP contribution in [0, 0.1) is 0 Å². The average molecular weight is 517 g/mol. The van der Waals surface area contributed by atoms with Crippen LogP contribution in [0.1, 0.15) is 22.3 Å². The number of rotatable bonds is 12. The van der Waals surface area contributed by atoms with Crippen molar-refractivity contribution in [3.63, 3.8) is 0 Å². The van der Waals surface area contributed by atoms with Gasteiger partial charge in [-0.2, -0.15) is 0 Å². The molecule has 0 aliphatic carbocycles. The summed E-state index contributed by atoms with van der Waals surface area (Å²) in [5, 5.41) is 0. The van der Waals surface area contributed by atoms with Crippen molar-refractivity contribution < 1.29 is 27.6 Å². The second kappa shape index (κ2) is 12.9. The fourth-order valence-electron chi connectivity index (χ4n) is 3.43. The van der Waals surface area contributed by atoms with Crippen LogP contribution in [0.3, 0.4) is 0 Å². The van der Waals surface area contributed by atoms with Gasteiger partial charge in [0.2, 0.25) is 0 Å². The van der Waals surface area contributed by atoms with Gasteiger partial charge in [-0.1, -0.05) is 84.9 Å². The van der Waals surface area contributed by atoms with Crippen LogP contribution in [0.4, 0.5) is 0 Å². The third-order valence-corrected chi connectivity index (χ3v) is 6.73. The Hall–Kier alpha value is -3.83. The molecule has 0 radical (unpaired) electrons. The molecular weight excluding hydrogens is 487 g/mol. The Morgan fingerprint density at radius 2 is 1.08 bits per heavy atom. The summed E-state index contributed by atoms with van der Waals surface area (Å²) in [5.41, 5.74) is 3.60. The fraction of sp³-hybridized carbons (Fsp3) is 0.133. The Bertz CT molecular complexity index is 1270. The van der Waals surface area contributed by atoms with Crippen LogP contribution in [0.15, 0.2) is 103 Å². The summed E-state index contributed by atoms with van der Waals surface area (Å²) >= 11 is 0. The van der Waals surface area contributed by atoms with Crippen molar-refractivity contribution in [2.45, 2.75) is 13.2 Å². The van der Waals surface area contributed by atoms with Crippen molar-refractivity contribution in [3.05, 3.63) is 125 Å². The van der Waals surface area contributed by atoms with Crippen molar-refractivity contribution >= 4 is 20.0 Å². The minimum atomic E-state index is -3.91. The van der Waals surface area contributed by atoms with Crippen molar-refractivity contribution in [1.82, 2.24) is 0 Å². The molecule has 0 aliphatic rings. The van der Waals surface area contributed by atoms with Crippen LogP contribution in [-0.4, -0.2) is 14.2 Å². The second-order valence-electron chi connectivity index (χ2n) is 8.10. The molecule has 4 aromatic rings. The molecule has 0 spiro atoms. The van der Waals surface area contributed by atoms with Crippen molar-refractivity contribution in [2.75, 3.05) is 14.2 Å². The van der Waals surface area contributed by atoms with Gasteiger partial charge in [-0.3, -0.25) is 9.05 Å². The van der Waals surface area contributed by atoms with E-state index in [-0.39, 0.29) is 13.2 Å². The Balaban J connectivity index is 1.46. The van der Waals surface area contributed by atoms with E-state index in [1.807, 2.05) is 103 Å². The van der Waals surface area contributed by atoms with E-state index in [1.165, 1.54) is 0 Å². The number of ether oxygens (including phenoxy) is 2. The zero-order valence-electron chi connectivity index (χ0n) is 20.8. The van der Waals surface area contributed by atoms with Gasteiger partial charge < -0.3 is 14.0 Å². The Morgan fingerprint density at radius 1 is 0.595 bits per heavy atom. The molecule has 37 heavy (non-hydrogen) atoms. The van der Waals surface area contributed by atoms with Gasteiger partial charge in [-0.15, -0.1) is 0 Å². The monoisotopic (exact) mass is 516 g/mol. The van der Waals surface area contributed by atoms with E-state index < -0.39 is 7.82 Å². The average Bonchev–Trinajstić information content (AvgIpc) is 2.95. The first-order valence-electron chi connectivity index (χ1n) is 11.7. The van der Waals surface area contributed by atoms with E-state index in [4.69, 9.17) is 23.0 Å². The first-order valence-corrected chi connectivity index (χ1v) is 13.2. The number of phosphoric ester groups is 1. The van der Waals surface area contributed by atoms with Gasteiger partial charge in [-0.05, 0) is 46.5 Å². The van der Waals surface area contributed by atoms with E-state index in [2.05, 4.69) is 0 Å². The predicted molar refractivity (Wildman–Crippen MR) is 146 cm³/mol. The van der Waals surface area contributed by atoms with E-state index in [1.54, 1.807) is 26.4 Å². The van der Waals surface area contributed by atoms with Gasteiger partial charge in [-0.25, -0.2) is 4.57 Å². The van der Waals surface area contributed by atoms with E-state index in [9.17, 15) is 4.57 Å². The minimum Gasteiger partial charge on any atom is -0.497 e. The number of hydrogen-bond acceptors (Lipinski definition) is 6. The highest BCUT2D eigenvalue weighted by Crippen LogP contribution is 2.51. The zero-order valence-corrected chi connectivity index (χ0v) is 21.7. The molecule has 0 aliphatic heterocycles. The third-order valence-electron chi connectivity index (χ3n) is 5.40. The SMILES string of the molecule is COc1cc(C=Cc2ccc(OP(=O)(OCc3ccccc3)OCc3ccccc3)cc2)cc(OC)c1. The summed E-state index contributed by atoms with van der Waals surface area (Å²) in [4.78, 5) is 0. The standard InChI is InChI=1S/C30H29O6P/c1-32-29-19-27(20-30(21-29)33-2)14-13-24-15-17-28(18-16-24)36-37(31,34-22-25-9-5-3-6-10-25)35-23-26-11-7-4-8-12-26/h3-21H,22-23H2,1-2H3. The van der Waals surface area contributed by atoms with Gasteiger partial charge >= 0.3 is 7.82 Å². The lowest BCUT2D eigenvalue weighted by molar-refractivity contribution is 0.143. The van der Waals surface area contributed by atoms with Gasteiger partial charge in [0, 0.05) is 6.07 Å². The molecule has 0 unspecified atom stereocenters. The normalized spacial score (nSPS) is 11.4. The molecule has 0 N–H and O–H groups in total. The molecule has 0 saturated carbocycles. The highest BCUT2D eigenvalue weighted by atomic mass is 31.2. The quantitative estimate of drug-likeness (QED) is 0.141. The van der Waals surface area contributed by atoms with Crippen LogP contribution in [0.25, 0.3) is 12.2 Å². The maximum atomic E-state index is 13.5. The largest absolute Gasteiger partial charge is 0.530 e. The van der Waals surface area contributed by atoms with Crippen molar-refractivity contribution in [2.24, 2.45) is 0 Å². The molecule has 0 fully saturated rings. The van der Waals surface area contributed by atoms with Crippen LogP contribution in [0.2, 0.25) is 0 Å². The Kier molecular flexibility index (Phi) is 9.17. The van der Waals surface area contributed by atoms with Gasteiger partial charge in [0.05, 0.1) is 27.4 Å². The minimum absolute atomic E-state index is 0.0950. The van der Waals surface area contributed by atoms with Gasteiger partial charge in [0.15, 0.2) is 0 Å². The van der Waals surface area contributed by atoms with Crippen LogP contribution >= 0.6 is 7.82 Å². The van der Waals surface area contributed by atoms with Crippen molar-refractivity contribution in [1.29, 1.82) is 0 Å². The van der Waals surface area contributed by atoms with E-state index in [0.717, 1.165) is 22.3 Å². The third kappa shape index (κ3) is 8.09. The Labute approximate surface area is 217 Å². The molecule has 4 aromatic carbocycles. The second-order valence-corrected chi connectivity index (χ2v) is 9.70. The zero-order chi connectivity index (χ0) is 25.9. The topological polar surface area (TPSA) is 63.2 Å². The summed E-state index contributed by atoms with van der Waals surface area (Å²) in [7, 11) is -0.679. The summed E-state index contributed by atoms with van der Waals surface area (Å²) < 4.78 is 41.4. The molecule has 0 atom stereocenters. The van der Waals surface area contributed by atoms with Gasteiger partial charge in [0.25, 0.3) is 0 Å². The predicted octanol–water partition coefficient (Wildman–Crippen LogP) is 7.79. The molecule has 0 saturated heterocycles. The smallest absolute Gasteiger partial charge is 0.497 e. The molecule has 0 bridgehead atoms. The van der Waals surface area contributed by atoms with E-state index in [0.29, 0.717) is 17.2 Å². The first-order chi connectivity index (χ1) is 18.0. The molecular formula is C30H29O6P. The van der Waals surface area contributed by atoms with Crippen LogP contribution < -0.4 is 14.0 Å². The van der Waals surface area contributed by atoms with Crippen molar-refractivity contribution in [3.8, 4) is 17.2 Å². The summed E-state index contributed by atoms with van der Waals surface area (Å²) in [5.74, 6) is 1.80.